The summed E-state index contributed by atoms with van der Waals surface area (Å²) in [6.45, 7) is 2.11. The third kappa shape index (κ3) is 1.87. The highest BCUT2D eigenvalue weighted by Gasteiger charge is 2.07. The van der Waals surface area contributed by atoms with E-state index in [9.17, 15) is 4.79 Å². The molecule has 16 heavy (non-hydrogen) atoms. The lowest BCUT2D eigenvalue weighted by Crippen LogP contribution is -1.94. The first kappa shape index (κ1) is 10.6. The van der Waals surface area contributed by atoms with Crippen molar-refractivity contribution in [3.63, 3.8) is 0 Å². The fourth-order valence-corrected chi connectivity index (χ4v) is 1.83. The van der Waals surface area contributed by atoms with Crippen molar-refractivity contribution < 1.29 is 4.79 Å². The molecule has 0 N–H and O–H groups in total. The molecule has 0 radical (unpaired) electrons. The minimum Gasteiger partial charge on any atom is -0.296 e. The molecular formula is C14H13NO. The summed E-state index contributed by atoms with van der Waals surface area (Å²) in [6, 6.07) is 11.9. The molecule has 2 nitrogen and oxygen atoms in total. The second kappa shape index (κ2) is 4.71. The van der Waals surface area contributed by atoms with Gasteiger partial charge >= 0.3 is 0 Å². The van der Waals surface area contributed by atoms with Gasteiger partial charge in [-0.1, -0.05) is 37.3 Å². The van der Waals surface area contributed by atoms with Gasteiger partial charge in [-0.15, -0.1) is 0 Å². The molecule has 0 saturated heterocycles. The number of aldehydes is 1. The molecule has 2 rings (SSSR count). The van der Waals surface area contributed by atoms with Crippen LogP contribution in [-0.2, 0) is 6.42 Å². The molecule has 0 unspecified atom stereocenters. The highest BCUT2D eigenvalue weighted by Crippen LogP contribution is 2.25. The average Bonchev–Trinajstić information content (AvgIpc) is 2.38. The number of aryl methyl sites for hydroxylation is 1. The van der Waals surface area contributed by atoms with Crippen molar-refractivity contribution in [2.75, 3.05) is 0 Å². The van der Waals surface area contributed by atoms with Crippen molar-refractivity contribution in [2.24, 2.45) is 0 Å². The maximum atomic E-state index is 10.9. The second-order valence-electron chi connectivity index (χ2n) is 3.56. The van der Waals surface area contributed by atoms with Gasteiger partial charge in [-0.25, -0.2) is 0 Å². The van der Waals surface area contributed by atoms with Crippen LogP contribution in [0, 0.1) is 0 Å². The molecule has 0 bridgehead atoms. The molecule has 1 aromatic heterocycles. The molecule has 1 aromatic carbocycles. The first-order valence-electron chi connectivity index (χ1n) is 5.35. The first-order valence-corrected chi connectivity index (χ1v) is 5.35. The van der Waals surface area contributed by atoms with Crippen LogP contribution in [0.25, 0.3) is 11.1 Å². The van der Waals surface area contributed by atoms with Crippen LogP contribution in [0.3, 0.4) is 0 Å². The standard InChI is InChI=1S/C14H13NO/c1-2-11-6-3-4-7-12(11)13-8-5-9-15-14(13)10-16/h3-10H,2H2,1H3. The number of aromatic nitrogens is 1. The average molecular weight is 211 g/mol. The smallest absolute Gasteiger partial charge is 0.169 e. The van der Waals surface area contributed by atoms with Crippen LogP contribution < -0.4 is 0 Å². The van der Waals surface area contributed by atoms with Crippen LogP contribution in [0.5, 0.6) is 0 Å². The predicted octanol–water partition coefficient (Wildman–Crippen LogP) is 3.12. The maximum Gasteiger partial charge on any atom is 0.169 e. The zero-order valence-corrected chi connectivity index (χ0v) is 9.18. The predicted molar refractivity (Wildman–Crippen MR) is 64.4 cm³/mol. The molecule has 80 valence electrons. The zero-order chi connectivity index (χ0) is 11.4. The van der Waals surface area contributed by atoms with E-state index in [2.05, 4.69) is 18.0 Å². The quantitative estimate of drug-likeness (QED) is 0.730. The third-order valence-corrected chi connectivity index (χ3v) is 2.64. The van der Waals surface area contributed by atoms with Crippen molar-refractivity contribution >= 4 is 6.29 Å². The normalized spacial score (nSPS) is 10.1. The van der Waals surface area contributed by atoms with Crippen LogP contribution in [0.15, 0.2) is 42.6 Å². The maximum absolute atomic E-state index is 10.9. The van der Waals surface area contributed by atoms with E-state index in [4.69, 9.17) is 0 Å². The van der Waals surface area contributed by atoms with Crippen LogP contribution in [0.2, 0.25) is 0 Å². The Morgan fingerprint density at radius 3 is 2.62 bits per heavy atom. The molecule has 0 aliphatic carbocycles. The fraction of sp³-hybridized carbons (Fsp3) is 0.143. The van der Waals surface area contributed by atoms with Crippen LogP contribution in [0.1, 0.15) is 23.0 Å². The molecule has 0 spiro atoms. The largest absolute Gasteiger partial charge is 0.296 e. The van der Waals surface area contributed by atoms with Gasteiger partial charge in [-0.2, -0.15) is 0 Å². The molecule has 0 saturated carbocycles. The van der Waals surface area contributed by atoms with Crippen LogP contribution in [0.4, 0.5) is 0 Å². The Hall–Kier alpha value is -1.96. The van der Waals surface area contributed by atoms with Gasteiger partial charge in [-0.3, -0.25) is 9.78 Å². The zero-order valence-electron chi connectivity index (χ0n) is 9.18. The highest BCUT2D eigenvalue weighted by molar-refractivity contribution is 5.86. The Labute approximate surface area is 95.0 Å². The highest BCUT2D eigenvalue weighted by atomic mass is 16.1. The van der Waals surface area contributed by atoms with Gasteiger partial charge in [0, 0.05) is 11.8 Å². The Morgan fingerprint density at radius 2 is 1.88 bits per heavy atom. The summed E-state index contributed by atoms with van der Waals surface area (Å²) in [7, 11) is 0. The summed E-state index contributed by atoms with van der Waals surface area (Å²) in [4.78, 5) is 15.0. The van der Waals surface area contributed by atoms with Gasteiger partial charge < -0.3 is 0 Å². The lowest BCUT2D eigenvalue weighted by atomic mass is 9.97. The monoisotopic (exact) mass is 211 g/mol. The molecule has 2 heteroatoms. The van der Waals surface area contributed by atoms with E-state index in [0.717, 1.165) is 23.8 Å². The molecule has 0 aliphatic rings. The van der Waals surface area contributed by atoms with Gasteiger partial charge in [0.05, 0.1) is 0 Å². The molecule has 2 aromatic rings. The fourth-order valence-electron chi connectivity index (χ4n) is 1.83. The summed E-state index contributed by atoms with van der Waals surface area (Å²) in [5.41, 5.74) is 3.75. The summed E-state index contributed by atoms with van der Waals surface area (Å²) < 4.78 is 0. The number of pyridine rings is 1. The Morgan fingerprint density at radius 1 is 1.12 bits per heavy atom. The third-order valence-electron chi connectivity index (χ3n) is 2.64. The van der Waals surface area contributed by atoms with E-state index in [1.54, 1.807) is 6.20 Å². The molecule has 0 fully saturated rings. The number of hydrogen-bond donors (Lipinski definition) is 0. The Balaban J connectivity index is 2.62. The summed E-state index contributed by atoms with van der Waals surface area (Å²) in [6.07, 6.45) is 3.40. The van der Waals surface area contributed by atoms with Gasteiger partial charge in [0.2, 0.25) is 0 Å². The van der Waals surface area contributed by atoms with E-state index in [1.165, 1.54) is 5.56 Å². The topological polar surface area (TPSA) is 30.0 Å². The van der Waals surface area contributed by atoms with Crippen molar-refractivity contribution in [3.05, 3.63) is 53.9 Å². The van der Waals surface area contributed by atoms with Crippen LogP contribution >= 0.6 is 0 Å². The summed E-state index contributed by atoms with van der Waals surface area (Å²) in [5.74, 6) is 0. The van der Waals surface area contributed by atoms with Crippen molar-refractivity contribution in [1.82, 2.24) is 4.98 Å². The molecular weight excluding hydrogens is 198 g/mol. The number of hydrogen-bond acceptors (Lipinski definition) is 2. The number of carbonyl (C=O) groups is 1. The van der Waals surface area contributed by atoms with Gasteiger partial charge in [0.25, 0.3) is 0 Å². The number of nitrogens with zero attached hydrogens (tertiary/aromatic N) is 1. The van der Waals surface area contributed by atoms with E-state index in [0.29, 0.717) is 5.69 Å². The summed E-state index contributed by atoms with van der Waals surface area (Å²) in [5, 5.41) is 0. The Kier molecular flexibility index (Phi) is 3.10. The van der Waals surface area contributed by atoms with Gasteiger partial charge in [-0.05, 0) is 23.6 Å². The van der Waals surface area contributed by atoms with Gasteiger partial charge in [0.15, 0.2) is 6.29 Å². The van der Waals surface area contributed by atoms with E-state index >= 15 is 0 Å². The molecule has 0 aliphatic heterocycles. The lowest BCUT2D eigenvalue weighted by molar-refractivity contribution is 0.111. The Bertz CT molecular complexity index is 506. The minimum absolute atomic E-state index is 0.503. The number of benzene rings is 1. The van der Waals surface area contributed by atoms with E-state index in [1.807, 2.05) is 30.3 Å². The van der Waals surface area contributed by atoms with Crippen LogP contribution in [-0.4, -0.2) is 11.3 Å². The van der Waals surface area contributed by atoms with Crippen molar-refractivity contribution in [3.8, 4) is 11.1 Å². The molecule has 0 atom stereocenters. The minimum atomic E-state index is 0.503. The molecule has 1 heterocycles. The van der Waals surface area contributed by atoms with E-state index in [-0.39, 0.29) is 0 Å². The first-order chi connectivity index (χ1) is 7.86. The summed E-state index contributed by atoms with van der Waals surface area (Å²) >= 11 is 0. The van der Waals surface area contributed by atoms with Crippen molar-refractivity contribution in [1.29, 1.82) is 0 Å². The number of carbonyl (C=O) groups excluding carboxylic acids is 1. The van der Waals surface area contributed by atoms with Gasteiger partial charge in [0.1, 0.15) is 5.69 Å². The second-order valence-corrected chi connectivity index (χ2v) is 3.56. The lowest BCUT2D eigenvalue weighted by Gasteiger charge is -2.08. The number of rotatable bonds is 3. The SMILES string of the molecule is CCc1ccccc1-c1cccnc1C=O. The van der Waals surface area contributed by atoms with E-state index < -0.39 is 0 Å². The molecule has 0 amide bonds. The van der Waals surface area contributed by atoms with Crippen molar-refractivity contribution in [2.45, 2.75) is 13.3 Å².